The minimum atomic E-state index is -0.155. The van der Waals surface area contributed by atoms with Gasteiger partial charge in [-0.3, -0.25) is 0 Å². The molecule has 4 saturated carbocycles. The van der Waals surface area contributed by atoms with Crippen molar-refractivity contribution in [1.82, 2.24) is 4.90 Å². The fourth-order valence-electron chi connectivity index (χ4n) is 10.0. The highest BCUT2D eigenvalue weighted by Crippen LogP contribution is 2.68. The first-order valence-corrected chi connectivity index (χ1v) is 16.0. The van der Waals surface area contributed by atoms with E-state index < -0.39 is 0 Å². The van der Waals surface area contributed by atoms with Crippen LogP contribution in [0.4, 0.5) is 0 Å². The van der Waals surface area contributed by atoms with Gasteiger partial charge in [-0.25, -0.2) is 4.79 Å². The molecule has 212 valence electrons. The van der Waals surface area contributed by atoms with E-state index in [-0.39, 0.29) is 12.1 Å². The predicted octanol–water partition coefficient (Wildman–Crippen LogP) is 8.53. The van der Waals surface area contributed by atoms with Crippen molar-refractivity contribution in [1.29, 1.82) is 0 Å². The standard InChI is InChI=1S/C34H59NO2/c1-23(2)10-9-11-24(3)29-14-15-30-28-13-12-26-22-27(37-32(36)25(4)18-21-35(7)8)16-19-33(26,5)31(28)17-20-34(29,30)6/h23-24,26-31H,4,9-22H2,1-3,5-8H3/t24-,26?,27+,28?,29-,30?,31?,33+,34-/m1/s1. The molecule has 0 heterocycles. The zero-order chi connectivity index (χ0) is 27.0. The van der Waals surface area contributed by atoms with Gasteiger partial charge in [-0.2, -0.15) is 0 Å². The van der Waals surface area contributed by atoms with Gasteiger partial charge in [-0.05, 0) is 131 Å². The third-order valence-electron chi connectivity index (χ3n) is 12.2. The Morgan fingerprint density at radius 1 is 0.946 bits per heavy atom. The predicted molar refractivity (Wildman–Crippen MR) is 155 cm³/mol. The van der Waals surface area contributed by atoms with E-state index in [1.165, 1.54) is 64.2 Å². The fraction of sp³-hybridized carbons (Fsp3) is 0.912. The van der Waals surface area contributed by atoms with Gasteiger partial charge >= 0.3 is 5.97 Å². The van der Waals surface area contributed by atoms with E-state index in [4.69, 9.17) is 4.74 Å². The van der Waals surface area contributed by atoms with Crippen molar-refractivity contribution in [2.45, 2.75) is 124 Å². The summed E-state index contributed by atoms with van der Waals surface area (Å²) in [5, 5.41) is 0. The zero-order valence-electron chi connectivity index (χ0n) is 25.5. The smallest absolute Gasteiger partial charge is 0.333 e. The average molecular weight is 514 g/mol. The Morgan fingerprint density at radius 3 is 2.35 bits per heavy atom. The lowest BCUT2D eigenvalue weighted by Crippen LogP contribution is -2.54. The molecule has 9 atom stereocenters. The van der Waals surface area contributed by atoms with Crippen LogP contribution in [0.25, 0.3) is 0 Å². The lowest BCUT2D eigenvalue weighted by Gasteiger charge is -2.61. The first kappa shape index (κ1) is 29.2. The van der Waals surface area contributed by atoms with Crippen LogP contribution in [-0.4, -0.2) is 37.6 Å². The van der Waals surface area contributed by atoms with Crippen LogP contribution in [0.5, 0.6) is 0 Å². The van der Waals surface area contributed by atoms with E-state index in [9.17, 15) is 4.79 Å². The molecule has 0 saturated heterocycles. The summed E-state index contributed by atoms with van der Waals surface area (Å²) in [4.78, 5) is 14.8. The van der Waals surface area contributed by atoms with Crippen molar-refractivity contribution in [3.05, 3.63) is 12.2 Å². The molecule has 0 amide bonds. The molecular weight excluding hydrogens is 454 g/mol. The van der Waals surface area contributed by atoms with Gasteiger partial charge in [-0.1, -0.05) is 60.5 Å². The van der Waals surface area contributed by atoms with E-state index in [1.807, 2.05) is 14.1 Å². The van der Waals surface area contributed by atoms with Gasteiger partial charge in [0.1, 0.15) is 6.10 Å². The van der Waals surface area contributed by atoms with Crippen molar-refractivity contribution in [3.8, 4) is 0 Å². The average Bonchev–Trinajstić information content (AvgIpc) is 3.19. The highest BCUT2D eigenvalue weighted by atomic mass is 16.5. The molecule has 37 heavy (non-hydrogen) atoms. The summed E-state index contributed by atoms with van der Waals surface area (Å²) < 4.78 is 6.03. The Morgan fingerprint density at radius 2 is 1.65 bits per heavy atom. The van der Waals surface area contributed by atoms with Crippen LogP contribution < -0.4 is 0 Å². The molecule has 4 aliphatic rings. The Bertz CT molecular complexity index is 804. The van der Waals surface area contributed by atoms with Gasteiger partial charge in [0, 0.05) is 12.1 Å². The quantitative estimate of drug-likeness (QED) is 0.216. The maximum atomic E-state index is 12.7. The first-order chi connectivity index (χ1) is 17.5. The molecule has 0 aliphatic heterocycles. The number of carbonyl (C=O) groups excluding carboxylic acids is 1. The Balaban J connectivity index is 1.35. The molecule has 0 aromatic rings. The van der Waals surface area contributed by atoms with Gasteiger partial charge in [0.15, 0.2) is 0 Å². The monoisotopic (exact) mass is 513 g/mol. The van der Waals surface area contributed by atoms with Gasteiger partial charge < -0.3 is 9.64 Å². The van der Waals surface area contributed by atoms with Crippen LogP contribution >= 0.6 is 0 Å². The van der Waals surface area contributed by atoms with Crippen molar-refractivity contribution in [3.63, 3.8) is 0 Å². The number of carbonyl (C=O) groups is 1. The Hall–Kier alpha value is -0.830. The normalized spacial score (nSPS) is 40.1. The molecule has 0 bridgehead atoms. The van der Waals surface area contributed by atoms with E-state index >= 15 is 0 Å². The third-order valence-corrected chi connectivity index (χ3v) is 12.2. The van der Waals surface area contributed by atoms with Crippen molar-refractivity contribution < 1.29 is 9.53 Å². The lowest BCUT2D eigenvalue weighted by molar-refractivity contribution is -0.159. The fourth-order valence-corrected chi connectivity index (χ4v) is 10.0. The second kappa shape index (κ2) is 11.7. The van der Waals surface area contributed by atoms with Crippen LogP contribution in [0.15, 0.2) is 12.2 Å². The lowest BCUT2D eigenvalue weighted by atomic mass is 9.44. The number of ether oxygens (including phenoxy) is 1. The number of nitrogens with zero attached hydrogens (tertiary/aromatic N) is 1. The number of rotatable bonds is 10. The number of hydrogen-bond donors (Lipinski definition) is 0. The summed E-state index contributed by atoms with van der Waals surface area (Å²) in [5.74, 6) is 5.97. The Labute approximate surface area is 229 Å². The molecule has 0 aromatic heterocycles. The first-order valence-electron chi connectivity index (χ1n) is 16.0. The second-order valence-corrected chi connectivity index (χ2v) is 15.1. The van der Waals surface area contributed by atoms with Crippen LogP contribution in [0.1, 0.15) is 118 Å². The minimum absolute atomic E-state index is 0.0923. The topological polar surface area (TPSA) is 29.5 Å². The molecular formula is C34H59NO2. The van der Waals surface area contributed by atoms with Gasteiger partial charge in [-0.15, -0.1) is 0 Å². The largest absolute Gasteiger partial charge is 0.459 e. The molecule has 3 nitrogen and oxygen atoms in total. The summed E-state index contributed by atoms with van der Waals surface area (Å²) in [6.07, 6.45) is 17.0. The van der Waals surface area contributed by atoms with Crippen LogP contribution in [-0.2, 0) is 9.53 Å². The molecule has 3 heteroatoms. The van der Waals surface area contributed by atoms with E-state index in [1.54, 1.807) is 0 Å². The molecule has 0 radical (unpaired) electrons. The third kappa shape index (κ3) is 6.02. The second-order valence-electron chi connectivity index (χ2n) is 15.1. The van der Waals surface area contributed by atoms with Crippen LogP contribution in [0.2, 0.25) is 0 Å². The van der Waals surface area contributed by atoms with Crippen LogP contribution in [0, 0.1) is 52.3 Å². The highest BCUT2D eigenvalue weighted by Gasteiger charge is 2.60. The summed E-state index contributed by atoms with van der Waals surface area (Å²) in [6.45, 7) is 17.5. The summed E-state index contributed by atoms with van der Waals surface area (Å²) in [7, 11) is 4.07. The summed E-state index contributed by atoms with van der Waals surface area (Å²) >= 11 is 0. The molecule has 4 unspecified atom stereocenters. The van der Waals surface area contributed by atoms with E-state index in [0.717, 1.165) is 54.9 Å². The maximum Gasteiger partial charge on any atom is 0.333 e. The number of esters is 1. The molecule has 0 N–H and O–H groups in total. The molecule has 4 rings (SSSR count). The minimum Gasteiger partial charge on any atom is -0.459 e. The highest BCUT2D eigenvalue weighted by molar-refractivity contribution is 5.87. The van der Waals surface area contributed by atoms with Crippen molar-refractivity contribution in [2.75, 3.05) is 20.6 Å². The molecule has 0 spiro atoms. The van der Waals surface area contributed by atoms with E-state index in [2.05, 4.69) is 46.1 Å². The molecule has 4 aliphatic carbocycles. The zero-order valence-corrected chi connectivity index (χ0v) is 25.5. The summed E-state index contributed by atoms with van der Waals surface area (Å²) in [6, 6.07) is 0. The van der Waals surface area contributed by atoms with Crippen LogP contribution in [0.3, 0.4) is 0 Å². The van der Waals surface area contributed by atoms with Gasteiger partial charge in [0.05, 0.1) is 0 Å². The summed E-state index contributed by atoms with van der Waals surface area (Å²) in [5.41, 5.74) is 1.64. The van der Waals surface area contributed by atoms with E-state index in [0.29, 0.717) is 28.7 Å². The molecule has 0 aromatic carbocycles. The Kier molecular flexibility index (Phi) is 9.24. The van der Waals surface area contributed by atoms with Crippen molar-refractivity contribution >= 4 is 5.97 Å². The molecule has 4 fully saturated rings. The van der Waals surface area contributed by atoms with Gasteiger partial charge in [0.25, 0.3) is 0 Å². The maximum absolute atomic E-state index is 12.7. The van der Waals surface area contributed by atoms with Crippen molar-refractivity contribution in [2.24, 2.45) is 52.3 Å². The SMILES string of the molecule is C=C(CCN(C)C)C(=O)O[C@H]1CC[C@@]2(C)C(CCC3C2CC[C@@]2(C)C3CC[C@@H]2[C@H](C)CCCC(C)C)C1. The number of hydrogen-bond acceptors (Lipinski definition) is 3. The van der Waals surface area contributed by atoms with Gasteiger partial charge in [0.2, 0.25) is 0 Å². The number of fused-ring (bicyclic) bond motifs is 5.